The summed E-state index contributed by atoms with van der Waals surface area (Å²) < 4.78 is 16.5. The van der Waals surface area contributed by atoms with Crippen LogP contribution in [0.25, 0.3) is 0 Å². The van der Waals surface area contributed by atoms with Crippen LogP contribution in [0, 0.1) is 10.1 Å². The molecule has 0 aromatic heterocycles. The third-order valence-corrected chi connectivity index (χ3v) is 5.06. The molecule has 0 aliphatic heterocycles. The van der Waals surface area contributed by atoms with E-state index in [-0.39, 0.29) is 34.4 Å². The van der Waals surface area contributed by atoms with E-state index in [2.05, 4.69) is 15.8 Å². The maximum Gasteiger partial charge on any atom is 0.271 e. The van der Waals surface area contributed by atoms with Crippen molar-refractivity contribution in [3.8, 4) is 17.2 Å². The highest BCUT2D eigenvalue weighted by atomic mass is 35.5. The van der Waals surface area contributed by atoms with E-state index < -0.39 is 16.7 Å². The zero-order chi connectivity index (χ0) is 26.8. The molecule has 0 unspecified atom stereocenters. The second kappa shape index (κ2) is 12.9. The van der Waals surface area contributed by atoms with Gasteiger partial charge in [-0.15, -0.1) is 0 Å². The number of halogens is 1. The minimum atomic E-state index is -0.556. The van der Waals surface area contributed by atoms with Gasteiger partial charge in [-0.1, -0.05) is 23.7 Å². The van der Waals surface area contributed by atoms with Crippen molar-refractivity contribution >= 4 is 41.0 Å². The van der Waals surface area contributed by atoms with Gasteiger partial charge in [0.15, 0.2) is 18.1 Å². The number of carbonyl (C=O) groups excluding carboxylic acids is 2. The Hall–Kier alpha value is -4.64. The third kappa shape index (κ3) is 7.42. The molecule has 0 atom stereocenters. The number of carbonyl (C=O) groups is 2. The molecule has 0 saturated carbocycles. The number of rotatable bonds is 11. The molecule has 12 heteroatoms. The number of hydrogen-bond acceptors (Lipinski definition) is 8. The van der Waals surface area contributed by atoms with Gasteiger partial charge in [0.1, 0.15) is 5.75 Å². The maximum absolute atomic E-state index is 12.4. The van der Waals surface area contributed by atoms with Crippen LogP contribution >= 0.6 is 11.6 Å². The molecule has 0 aliphatic rings. The molecule has 0 heterocycles. The van der Waals surface area contributed by atoms with Gasteiger partial charge < -0.3 is 19.5 Å². The molecule has 3 rings (SSSR count). The van der Waals surface area contributed by atoms with Gasteiger partial charge in [-0.2, -0.15) is 5.10 Å². The number of non-ortho nitro benzene ring substituents is 1. The highest BCUT2D eigenvalue weighted by molar-refractivity contribution is 6.32. The van der Waals surface area contributed by atoms with E-state index in [0.29, 0.717) is 23.6 Å². The number of nitro benzene ring substituents is 1. The lowest BCUT2D eigenvalue weighted by atomic mass is 10.2. The summed E-state index contributed by atoms with van der Waals surface area (Å²) in [6.45, 7) is 1.74. The first kappa shape index (κ1) is 27.0. The normalized spacial score (nSPS) is 10.6. The van der Waals surface area contributed by atoms with Crippen molar-refractivity contribution in [2.24, 2.45) is 5.10 Å². The Labute approximate surface area is 217 Å². The number of para-hydroxylation sites is 2. The summed E-state index contributed by atoms with van der Waals surface area (Å²) in [5.41, 5.74) is 3.40. The average molecular weight is 527 g/mol. The smallest absolute Gasteiger partial charge is 0.271 e. The van der Waals surface area contributed by atoms with Crippen LogP contribution in [-0.2, 0) is 4.79 Å². The van der Waals surface area contributed by atoms with E-state index in [1.807, 2.05) is 0 Å². The van der Waals surface area contributed by atoms with Gasteiger partial charge in [0, 0.05) is 17.7 Å². The molecule has 11 nitrogen and oxygen atoms in total. The number of nitrogens with one attached hydrogen (secondary N) is 2. The number of nitro groups is 1. The molecule has 0 bridgehead atoms. The Kier molecular flexibility index (Phi) is 9.39. The van der Waals surface area contributed by atoms with Crippen LogP contribution < -0.4 is 25.0 Å². The lowest BCUT2D eigenvalue weighted by Gasteiger charge is -2.15. The van der Waals surface area contributed by atoms with Crippen LogP contribution in [0.2, 0.25) is 5.02 Å². The molecule has 3 aromatic rings. The summed E-state index contributed by atoms with van der Waals surface area (Å²) in [6.07, 6.45) is 1.34. The van der Waals surface area contributed by atoms with Crippen molar-refractivity contribution < 1.29 is 28.7 Å². The van der Waals surface area contributed by atoms with E-state index in [0.717, 1.165) is 0 Å². The van der Waals surface area contributed by atoms with Crippen LogP contribution in [0.3, 0.4) is 0 Å². The molecule has 2 N–H and O–H groups in total. The highest BCUT2D eigenvalue weighted by Gasteiger charge is 2.15. The molecule has 3 aromatic carbocycles. The van der Waals surface area contributed by atoms with Crippen molar-refractivity contribution in [3.63, 3.8) is 0 Å². The fourth-order valence-corrected chi connectivity index (χ4v) is 3.38. The number of amides is 2. The van der Waals surface area contributed by atoms with Gasteiger partial charge in [0.25, 0.3) is 17.5 Å². The number of nitrogens with zero attached hydrogens (tertiary/aromatic N) is 2. The van der Waals surface area contributed by atoms with Crippen LogP contribution in [0.15, 0.2) is 65.8 Å². The van der Waals surface area contributed by atoms with Crippen molar-refractivity contribution in [2.75, 3.05) is 25.6 Å². The number of anilines is 1. The highest BCUT2D eigenvalue weighted by Crippen LogP contribution is 2.36. The molecule has 192 valence electrons. The Bertz CT molecular complexity index is 1310. The quantitative estimate of drug-likeness (QED) is 0.214. The van der Waals surface area contributed by atoms with Crippen molar-refractivity contribution in [2.45, 2.75) is 6.92 Å². The average Bonchev–Trinajstić information content (AvgIpc) is 2.88. The van der Waals surface area contributed by atoms with E-state index >= 15 is 0 Å². The number of ether oxygens (including phenoxy) is 3. The second-order valence-corrected chi connectivity index (χ2v) is 7.71. The molecule has 37 heavy (non-hydrogen) atoms. The van der Waals surface area contributed by atoms with Crippen LogP contribution in [0.1, 0.15) is 22.8 Å². The number of hydrogen-bond donors (Lipinski definition) is 2. The van der Waals surface area contributed by atoms with Crippen molar-refractivity contribution in [3.05, 3.63) is 86.9 Å². The van der Waals surface area contributed by atoms with E-state index in [1.165, 1.54) is 43.7 Å². The van der Waals surface area contributed by atoms with Crippen molar-refractivity contribution in [1.29, 1.82) is 0 Å². The summed E-state index contributed by atoms with van der Waals surface area (Å²) in [6, 6.07) is 15.2. The number of hydrazone groups is 1. The van der Waals surface area contributed by atoms with Gasteiger partial charge in [-0.25, -0.2) is 5.43 Å². The molecule has 0 spiro atoms. The van der Waals surface area contributed by atoms with E-state index in [1.54, 1.807) is 37.3 Å². The molecular formula is C25H23ClN4O7. The Morgan fingerprint density at radius 1 is 1.08 bits per heavy atom. The predicted molar refractivity (Wildman–Crippen MR) is 138 cm³/mol. The topological polar surface area (TPSA) is 141 Å². The van der Waals surface area contributed by atoms with Crippen LogP contribution in [0.4, 0.5) is 11.4 Å². The molecular weight excluding hydrogens is 504 g/mol. The van der Waals surface area contributed by atoms with Crippen LogP contribution in [-0.4, -0.2) is 43.3 Å². The zero-order valence-corrected chi connectivity index (χ0v) is 20.7. The summed E-state index contributed by atoms with van der Waals surface area (Å²) in [7, 11) is 1.50. The summed E-state index contributed by atoms with van der Waals surface area (Å²) >= 11 is 6.38. The van der Waals surface area contributed by atoms with E-state index in [4.69, 9.17) is 25.8 Å². The number of benzene rings is 3. The third-order valence-electron chi connectivity index (χ3n) is 4.78. The second-order valence-electron chi connectivity index (χ2n) is 7.30. The predicted octanol–water partition coefficient (Wildman–Crippen LogP) is 4.44. The fraction of sp³-hybridized carbons (Fsp3) is 0.160. The first-order valence-electron chi connectivity index (χ1n) is 10.9. The minimum absolute atomic E-state index is 0.127. The lowest BCUT2D eigenvalue weighted by molar-refractivity contribution is -0.384. The summed E-state index contributed by atoms with van der Waals surface area (Å²) in [5, 5.41) is 17.5. The fourth-order valence-electron chi connectivity index (χ4n) is 3.10. The summed E-state index contributed by atoms with van der Waals surface area (Å²) in [4.78, 5) is 34.8. The Balaban J connectivity index is 1.66. The molecule has 0 saturated heterocycles. The van der Waals surface area contributed by atoms with Gasteiger partial charge in [0.05, 0.1) is 35.6 Å². The van der Waals surface area contributed by atoms with Gasteiger partial charge in [-0.05, 0) is 48.9 Å². The lowest BCUT2D eigenvalue weighted by Crippen LogP contribution is -2.21. The standard InChI is InChI=1S/C25H23ClN4O7/c1-3-36-22-13-16(14-27-29-25(32)17-8-10-18(11-9-17)30(33)34)12-19(26)24(22)37-15-23(31)28-20-6-4-5-7-21(20)35-2/h4-14H,3,15H2,1-2H3,(H,28,31)(H,29,32)/b27-14+. The minimum Gasteiger partial charge on any atom is -0.495 e. The van der Waals surface area contributed by atoms with Gasteiger partial charge in [0.2, 0.25) is 0 Å². The summed E-state index contributed by atoms with van der Waals surface area (Å²) in [5.74, 6) is -0.0203. The SMILES string of the molecule is CCOc1cc(/C=N/NC(=O)c2ccc([N+](=O)[O-])cc2)cc(Cl)c1OCC(=O)Nc1ccccc1OC. The van der Waals surface area contributed by atoms with Crippen molar-refractivity contribution in [1.82, 2.24) is 5.43 Å². The molecule has 0 radical (unpaired) electrons. The van der Waals surface area contributed by atoms with Crippen LogP contribution in [0.5, 0.6) is 17.2 Å². The molecule has 0 fully saturated rings. The first-order chi connectivity index (χ1) is 17.8. The first-order valence-corrected chi connectivity index (χ1v) is 11.3. The monoisotopic (exact) mass is 526 g/mol. The molecule has 0 aliphatic carbocycles. The van der Waals surface area contributed by atoms with Gasteiger partial charge >= 0.3 is 0 Å². The van der Waals surface area contributed by atoms with E-state index in [9.17, 15) is 19.7 Å². The molecule has 2 amide bonds. The Morgan fingerprint density at radius 2 is 1.81 bits per heavy atom. The zero-order valence-electron chi connectivity index (χ0n) is 19.9. The maximum atomic E-state index is 12.4. The van der Waals surface area contributed by atoms with Gasteiger partial charge in [-0.3, -0.25) is 19.7 Å². The number of methoxy groups -OCH3 is 1. The Morgan fingerprint density at radius 3 is 2.49 bits per heavy atom. The largest absolute Gasteiger partial charge is 0.495 e.